The zero-order chi connectivity index (χ0) is 15.1. The summed E-state index contributed by atoms with van der Waals surface area (Å²) in [6.07, 6.45) is 1.65. The summed E-state index contributed by atoms with van der Waals surface area (Å²) in [5.41, 5.74) is 6.11. The fourth-order valence-corrected chi connectivity index (χ4v) is 1.63. The lowest BCUT2D eigenvalue weighted by atomic mass is 10.1. The average molecular weight is 278 g/mol. The number of likely N-dealkylation sites (N-methyl/N-ethyl adjacent to an activating group) is 1. The summed E-state index contributed by atoms with van der Waals surface area (Å²) in [7, 11) is 3.27. The molecule has 0 aliphatic carbocycles. The molecule has 1 amide bonds. The van der Waals surface area contributed by atoms with Crippen LogP contribution in [0.3, 0.4) is 0 Å². The van der Waals surface area contributed by atoms with Crippen molar-refractivity contribution in [2.24, 2.45) is 5.73 Å². The summed E-state index contributed by atoms with van der Waals surface area (Å²) in [5.74, 6) is 1.00. The highest BCUT2D eigenvalue weighted by Crippen LogP contribution is 2.28. The highest BCUT2D eigenvalue weighted by atomic mass is 16.5. The van der Waals surface area contributed by atoms with Crippen molar-refractivity contribution < 1.29 is 14.3 Å². The van der Waals surface area contributed by atoms with E-state index in [4.69, 9.17) is 15.2 Å². The summed E-state index contributed by atoms with van der Waals surface area (Å²) in [5, 5.41) is 0. The van der Waals surface area contributed by atoms with Crippen molar-refractivity contribution >= 4 is 5.91 Å². The van der Waals surface area contributed by atoms with E-state index in [1.807, 2.05) is 6.92 Å². The van der Waals surface area contributed by atoms with Gasteiger partial charge in [0, 0.05) is 25.2 Å². The molecule has 0 radical (unpaired) electrons. The van der Waals surface area contributed by atoms with Crippen LogP contribution in [0.2, 0.25) is 0 Å². The standard InChI is InChI=1S/C15H22N2O3/c1-5-8-20-13-7-6-12(9-14(13)19-4)15(18)17(3)11(2)10-16/h5-7,9,11H,1,8,10,16H2,2-4H3. The van der Waals surface area contributed by atoms with Crippen LogP contribution in [0.5, 0.6) is 11.5 Å². The Morgan fingerprint density at radius 1 is 1.50 bits per heavy atom. The van der Waals surface area contributed by atoms with Crippen molar-refractivity contribution in [1.82, 2.24) is 4.90 Å². The highest BCUT2D eigenvalue weighted by Gasteiger charge is 2.18. The molecule has 1 atom stereocenters. The molecule has 110 valence electrons. The van der Waals surface area contributed by atoms with E-state index < -0.39 is 0 Å². The van der Waals surface area contributed by atoms with Gasteiger partial charge in [-0.3, -0.25) is 4.79 Å². The Labute approximate surface area is 120 Å². The van der Waals surface area contributed by atoms with E-state index in [0.717, 1.165) is 0 Å². The Hall–Kier alpha value is -2.01. The molecule has 0 aromatic heterocycles. The zero-order valence-electron chi connectivity index (χ0n) is 12.3. The molecule has 0 saturated heterocycles. The van der Waals surface area contributed by atoms with E-state index in [0.29, 0.717) is 30.2 Å². The van der Waals surface area contributed by atoms with Gasteiger partial charge >= 0.3 is 0 Å². The minimum absolute atomic E-state index is 0.0230. The fraction of sp³-hybridized carbons (Fsp3) is 0.400. The maximum absolute atomic E-state index is 12.3. The van der Waals surface area contributed by atoms with Gasteiger partial charge in [0.15, 0.2) is 11.5 Å². The summed E-state index contributed by atoms with van der Waals surface area (Å²) in [4.78, 5) is 13.9. The molecule has 1 rings (SSSR count). The molecule has 0 spiro atoms. The van der Waals surface area contributed by atoms with Crippen molar-refractivity contribution in [3.05, 3.63) is 36.4 Å². The monoisotopic (exact) mass is 278 g/mol. The van der Waals surface area contributed by atoms with E-state index in [-0.39, 0.29) is 11.9 Å². The van der Waals surface area contributed by atoms with Crippen molar-refractivity contribution in [2.45, 2.75) is 13.0 Å². The van der Waals surface area contributed by atoms with Crippen molar-refractivity contribution in [1.29, 1.82) is 0 Å². The Balaban J connectivity index is 2.97. The number of hydrogen-bond donors (Lipinski definition) is 1. The van der Waals surface area contributed by atoms with E-state index in [1.165, 1.54) is 7.11 Å². The van der Waals surface area contributed by atoms with Gasteiger partial charge in [0.1, 0.15) is 6.61 Å². The van der Waals surface area contributed by atoms with E-state index in [2.05, 4.69) is 6.58 Å². The van der Waals surface area contributed by atoms with Crippen molar-refractivity contribution in [3.63, 3.8) is 0 Å². The minimum atomic E-state index is -0.100. The third-order valence-electron chi connectivity index (χ3n) is 3.09. The number of ether oxygens (including phenoxy) is 2. The number of nitrogens with zero attached hydrogens (tertiary/aromatic N) is 1. The first-order chi connectivity index (χ1) is 9.54. The maximum Gasteiger partial charge on any atom is 0.254 e. The van der Waals surface area contributed by atoms with Gasteiger partial charge in [-0.15, -0.1) is 0 Å². The van der Waals surface area contributed by atoms with Gasteiger partial charge in [-0.25, -0.2) is 0 Å². The summed E-state index contributed by atoms with van der Waals surface area (Å²) in [6.45, 7) is 6.29. The molecule has 0 saturated carbocycles. The topological polar surface area (TPSA) is 64.8 Å². The number of amides is 1. The zero-order valence-corrected chi connectivity index (χ0v) is 12.3. The van der Waals surface area contributed by atoms with E-state index in [9.17, 15) is 4.79 Å². The number of hydrogen-bond acceptors (Lipinski definition) is 4. The first-order valence-electron chi connectivity index (χ1n) is 6.44. The predicted octanol–water partition coefficient (Wildman–Crippen LogP) is 1.68. The molecule has 2 N–H and O–H groups in total. The molecule has 0 aliphatic heterocycles. The van der Waals surface area contributed by atoms with Gasteiger partial charge in [-0.2, -0.15) is 0 Å². The number of carbonyl (C=O) groups excluding carboxylic acids is 1. The maximum atomic E-state index is 12.3. The number of rotatable bonds is 7. The van der Waals surface area contributed by atoms with Crippen molar-refractivity contribution in [2.75, 3.05) is 27.3 Å². The average Bonchev–Trinajstić information content (AvgIpc) is 2.50. The third kappa shape index (κ3) is 3.74. The van der Waals surface area contributed by atoms with Gasteiger partial charge in [0.05, 0.1) is 7.11 Å². The predicted molar refractivity (Wildman–Crippen MR) is 79.3 cm³/mol. The van der Waals surface area contributed by atoms with Crippen LogP contribution in [0, 0.1) is 0 Å². The molecule has 20 heavy (non-hydrogen) atoms. The molecule has 5 nitrogen and oxygen atoms in total. The summed E-state index contributed by atoms with van der Waals surface area (Å²) < 4.78 is 10.7. The largest absolute Gasteiger partial charge is 0.493 e. The molecular weight excluding hydrogens is 256 g/mol. The molecule has 5 heteroatoms. The smallest absolute Gasteiger partial charge is 0.254 e. The second-order valence-corrected chi connectivity index (χ2v) is 4.47. The second-order valence-electron chi connectivity index (χ2n) is 4.47. The number of carbonyl (C=O) groups is 1. The normalized spacial score (nSPS) is 11.6. The highest BCUT2D eigenvalue weighted by molar-refractivity contribution is 5.95. The van der Waals surface area contributed by atoms with Crippen LogP contribution in [0.1, 0.15) is 17.3 Å². The number of benzene rings is 1. The van der Waals surface area contributed by atoms with Gasteiger partial charge in [0.2, 0.25) is 0 Å². The van der Waals surface area contributed by atoms with Gasteiger partial charge in [-0.05, 0) is 25.1 Å². The van der Waals surface area contributed by atoms with Crippen molar-refractivity contribution in [3.8, 4) is 11.5 Å². The molecule has 0 aliphatic rings. The van der Waals surface area contributed by atoms with Crippen LogP contribution in [0.4, 0.5) is 0 Å². The van der Waals surface area contributed by atoms with E-state index in [1.54, 1.807) is 36.2 Å². The lowest BCUT2D eigenvalue weighted by Crippen LogP contribution is -2.39. The van der Waals surface area contributed by atoms with Gasteiger partial charge < -0.3 is 20.1 Å². The minimum Gasteiger partial charge on any atom is -0.493 e. The lowest BCUT2D eigenvalue weighted by Gasteiger charge is -2.24. The Kier molecular flexibility index (Phi) is 6.06. The van der Waals surface area contributed by atoms with Crippen LogP contribution < -0.4 is 15.2 Å². The Morgan fingerprint density at radius 2 is 2.20 bits per heavy atom. The molecule has 0 heterocycles. The summed E-state index contributed by atoms with van der Waals surface area (Å²) in [6, 6.07) is 5.07. The Bertz CT molecular complexity index is 474. The Morgan fingerprint density at radius 3 is 2.75 bits per heavy atom. The SMILES string of the molecule is C=CCOc1ccc(C(=O)N(C)C(C)CN)cc1OC. The van der Waals surface area contributed by atoms with Crippen LogP contribution in [-0.2, 0) is 0 Å². The van der Waals surface area contributed by atoms with Crippen LogP contribution >= 0.6 is 0 Å². The lowest BCUT2D eigenvalue weighted by molar-refractivity contribution is 0.0748. The molecule has 0 bridgehead atoms. The number of methoxy groups -OCH3 is 1. The molecule has 1 aromatic carbocycles. The van der Waals surface area contributed by atoms with E-state index >= 15 is 0 Å². The third-order valence-corrected chi connectivity index (χ3v) is 3.09. The van der Waals surface area contributed by atoms with Crippen LogP contribution in [0.15, 0.2) is 30.9 Å². The first kappa shape index (κ1) is 16.0. The number of nitrogens with two attached hydrogens (primary N) is 1. The van der Waals surface area contributed by atoms with Gasteiger partial charge in [0.25, 0.3) is 5.91 Å². The summed E-state index contributed by atoms with van der Waals surface area (Å²) >= 11 is 0. The molecular formula is C15H22N2O3. The second kappa shape index (κ2) is 7.55. The molecule has 1 unspecified atom stereocenters. The molecule has 1 aromatic rings. The molecule has 0 fully saturated rings. The van der Waals surface area contributed by atoms with Crippen LogP contribution in [0.25, 0.3) is 0 Å². The fourth-order valence-electron chi connectivity index (χ4n) is 1.63. The van der Waals surface area contributed by atoms with Gasteiger partial charge in [-0.1, -0.05) is 12.7 Å². The first-order valence-corrected chi connectivity index (χ1v) is 6.44. The van der Waals surface area contributed by atoms with Crippen LogP contribution in [-0.4, -0.2) is 44.2 Å². The quantitative estimate of drug-likeness (QED) is 0.771.